The highest BCUT2D eigenvalue weighted by Crippen LogP contribution is 2.15. The van der Waals surface area contributed by atoms with Gasteiger partial charge in [-0.3, -0.25) is 0 Å². The molecule has 1 heterocycles. The van der Waals surface area contributed by atoms with Crippen molar-refractivity contribution in [3.05, 3.63) is 25.2 Å². The van der Waals surface area contributed by atoms with E-state index in [0.29, 0.717) is 0 Å². The van der Waals surface area contributed by atoms with Crippen LogP contribution in [0.15, 0.2) is 30.2 Å². The first-order valence-electron chi connectivity index (χ1n) is 6.06. The van der Waals surface area contributed by atoms with Crippen molar-refractivity contribution in [1.82, 2.24) is 0 Å². The highest BCUT2D eigenvalue weighted by molar-refractivity contribution is 5.51. The van der Waals surface area contributed by atoms with E-state index in [1.165, 1.54) is 38.5 Å². The van der Waals surface area contributed by atoms with E-state index in [2.05, 4.69) is 24.7 Å². The average Bonchev–Trinajstić information content (AvgIpc) is 2.73. The minimum atomic E-state index is 0. The van der Waals surface area contributed by atoms with Gasteiger partial charge in [0.05, 0.1) is 18.9 Å². The molecule has 1 aliphatic rings. The maximum atomic E-state index is 4.13. The molecule has 0 aliphatic carbocycles. The van der Waals surface area contributed by atoms with Crippen molar-refractivity contribution >= 4 is 6.34 Å². The fourth-order valence-corrected chi connectivity index (χ4v) is 1.86. The number of quaternary nitrogens is 1. The number of unbranched alkanes of at least 4 members (excludes halogenated alkanes) is 5. The molecule has 1 rings (SSSR count). The molecule has 2 nitrogen and oxygen atoms in total. The molecule has 0 radical (unpaired) electrons. The summed E-state index contributed by atoms with van der Waals surface area (Å²) in [6.07, 6.45) is 15.9. The van der Waals surface area contributed by atoms with Gasteiger partial charge in [-0.05, 0) is 19.4 Å². The van der Waals surface area contributed by atoms with E-state index in [4.69, 9.17) is 0 Å². The monoisotopic (exact) mass is 334 g/mol. The third-order valence-electron chi connectivity index (χ3n) is 2.95. The van der Waals surface area contributed by atoms with Crippen molar-refractivity contribution < 1.29 is 28.5 Å². The van der Waals surface area contributed by atoms with Crippen molar-refractivity contribution in [2.24, 2.45) is 4.99 Å². The van der Waals surface area contributed by atoms with E-state index < -0.39 is 0 Å². The Morgan fingerprint density at radius 3 is 2.44 bits per heavy atom. The molecular weight excluding hydrogens is 311 g/mol. The Balaban J connectivity index is 0.00000225. The van der Waals surface area contributed by atoms with Crippen LogP contribution in [0.25, 0.3) is 0 Å². The first-order chi connectivity index (χ1) is 7.33. The Kier molecular flexibility index (Phi) is 8.84. The fraction of sp³-hybridized carbons (Fsp3) is 0.615. The second-order valence-electron chi connectivity index (χ2n) is 4.23. The molecule has 0 aromatic carbocycles. The van der Waals surface area contributed by atoms with Gasteiger partial charge < -0.3 is 24.0 Å². The number of hydrogen-bond donors (Lipinski definition) is 0. The molecule has 0 bridgehead atoms. The molecule has 3 heteroatoms. The zero-order valence-electron chi connectivity index (χ0n) is 10.2. The maximum absolute atomic E-state index is 4.13. The predicted octanol–water partition coefficient (Wildman–Crippen LogP) is 0.824. The highest BCUT2D eigenvalue weighted by atomic mass is 127. The van der Waals surface area contributed by atoms with Crippen LogP contribution in [0.1, 0.15) is 45.4 Å². The molecule has 0 fully saturated rings. The number of rotatable bonds is 8. The van der Waals surface area contributed by atoms with Gasteiger partial charge in [-0.15, -0.1) is 0 Å². The molecule has 0 saturated heterocycles. The zero-order valence-corrected chi connectivity index (χ0v) is 12.4. The predicted molar refractivity (Wildman–Crippen MR) is 66.3 cm³/mol. The number of hydrogen-bond acceptors (Lipinski definition) is 1. The Bertz CT molecular complexity index is 234. The number of aliphatic imine (C=N–C) groups is 1. The lowest BCUT2D eigenvalue weighted by Gasteiger charge is -2.21. The van der Waals surface area contributed by atoms with Gasteiger partial charge in [0.25, 0.3) is 0 Å². The van der Waals surface area contributed by atoms with E-state index in [-0.39, 0.29) is 24.0 Å². The summed E-state index contributed by atoms with van der Waals surface area (Å²) < 4.78 is 0.730. The van der Waals surface area contributed by atoms with Gasteiger partial charge in [-0.2, -0.15) is 0 Å². The third-order valence-corrected chi connectivity index (χ3v) is 2.95. The first-order valence-corrected chi connectivity index (χ1v) is 6.06. The summed E-state index contributed by atoms with van der Waals surface area (Å²) >= 11 is 0. The van der Waals surface area contributed by atoms with Gasteiger partial charge in [0.15, 0.2) is 6.34 Å². The van der Waals surface area contributed by atoms with E-state index in [0.717, 1.165) is 11.0 Å². The number of nitrogens with zero attached hydrogens (tertiary/aromatic N) is 2. The average molecular weight is 334 g/mol. The summed E-state index contributed by atoms with van der Waals surface area (Å²) in [5.74, 6) is 0. The number of halogens is 1. The van der Waals surface area contributed by atoms with Gasteiger partial charge in [0.2, 0.25) is 0 Å². The molecule has 0 aromatic heterocycles. The zero-order chi connectivity index (χ0) is 11.0. The van der Waals surface area contributed by atoms with Gasteiger partial charge in [0.1, 0.15) is 6.20 Å². The Hall–Kier alpha value is -0.160. The third kappa shape index (κ3) is 5.25. The van der Waals surface area contributed by atoms with Gasteiger partial charge >= 0.3 is 0 Å². The second-order valence-corrected chi connectivity index (χ2v) is 4.23. The Labute approximate surface area is 117 Å². The van der Waals surface area contributed by atoms with Crippen molar-refractivity contribution in [2.75, 3.05) is 6.54 Å². The van der Waals surface area contributed by atoms with E-state index in [9.17, 15) is 0 Å². The van der Waals surface area contributed by atoms with Crippen LogP contribution in [0.3, 0.4) is 0 Å². The van der Waals surface area contributed by atoms with E-state index >= 15 is 0 Å². The summed E-state index contributed by atoms with van der Waals surface area (Å²) in [7, 11) is 0. The van der Waals surface area contributed by atoms with Crippen LogP contribution >= 0.6 is 0 Å². The second kappa shape index (κ2) is 8.93. The normalized spacial score (nSPS) is 22.1. The smallest absolute Gasteiger partial charge is 0.199 e. The SMILES string of the molecule is C=C[N+]1(CCCCCCCC)C=CN=C1.[I-]. The summed E-state index contributed by atoms with van der Waals surface area (Å²) in [5, 5.41) is 0. The minimum absolute atomic E-state index is 0. The molecule has 1 unspecified atom stereocenters. The van der Waals surface area contributed by atoms with Crippen LogP contribution in [-0.2, 0) is 0 Å². The summed E-state index contributed by atoms with van der Waals surface area (Å²) in [4.78, 5) is 4.13. The van der Waals surface area contributed by atoms with Crippen molar-refractivity contribution in [3.63, 3.8) is 0 Å². The molecule has 1 aliphatic heterocycles. The van der Waals surface area contributed by atoms with Crippen LogP contribution in [0.5, 0.6) is 0 Å². The minimum Gasteiger partial charge on any atom is -1.00 e. The van der Waals surface area contributed by atoms with E-state index in [1.54, 1.807) is 0 Å². The lowest BCUT2D eigenvalue weighted by molar-refractivity contribution is -0.721. The lowest BCUT2D eigenvalue weighted by atomic mass is 10.1. The topological polar surface area (TPSA) is 12.4 Å². The molecular formula is C13H23IN2. The molecule has 92 valence electrons. The molecule has 0 aromatic rings. The summed E-state index contributed by atoms with van der Waals surface area (Å²) in [5.41, 5.74) is 0. The Morgan fingerprint density at radius 1 is 1.19 bits per heavy atom. The van der Waals surface area contributed by atoms with Crippen LogP contribution in [0.4, 0.5) is 0 Å². The van der Waals surface area contributed by atoms with Crippen molar-refractivity contribution in [2.45, 2.75) is 45.4 Å². The molecule has 0 amide bonds. The van der Waals surface area contributed by atoms with Crippen LogP contribution in [0, 0.1) is 0 Å². The maximum Gasteiger partial charge on any atom is 0.199 e. The quantitative estimate of drug-likeness (QED) is 0.354. The Morgan fingerprint density at radius 2 is 1.88 bits per heavy atom. The molecule has 16 heavy (non-hydrogen) atoms. The largest absolute Gasteiger partial charge is 1.00 e. The molecule has 0 spiro atoms. The van der Waals surface area contributed by atoms with Crippen LogP contribution < -0.4 is 24.0 Å². The standard InChI is InChI=1S/C13H23N2.HI/c1-3-5-6-7-8-9-11-15(4-2)12-10-14-13-15;/h4,10,12-13H,2-3,5-9,11H2,1H3;1H/q+1;/p-1. The highest BCUT2D eigenvalue weighted by Gasteiger charge is 2.21. The lowest BCUT2D eigenvalue weighted by Crippen LogP contribution is -3.00. The van der Waals surface area contributed by atoms with Gasteiger partial charge in [-0.25, -0.2) is 9.48 Å². The van der Waals surface area contributed by atoms with Crippen molar-refractivity contribution in [3.8, 4) is 0 Å². The van der Waals surface area contributed by atoms with E-state index in [1.807, 2.05) is 18.7 Å². The summed E-state index contributed by atoms with van der Waals surface area (Å²) in [6.45, 7) is 7.23. The van der Waals surface area contributed by atoms with Gasteiger partial charge in [-0.1, -0.05) is 32.6 Å². The van der Waals surface area contributed by atoms with Crippen molar-refractivity contribution in [1.29, 1.82) is 0 Å². The molecule has 1 atom stereocenters. The summed E-state index contributed by atoms with van der Waals surface area (Å²) in [6, 6.07) is 0. The molecule has 0 saturated carbocycles. The van der Waals surface area contributed by atoms with Crippen LogP contribution in [0.2, 0.25) is 0 Å². The van der Waals surface area contributed by atoms with Gasteiger partial charge in [0, 0.05) is 0 Å². The first kappa shape index (κ1) is 15.8. The fourth-order valence-electron chi connectivity index (χ4n) is 1.86. The van der Waals surface area contributed by atoms with Crippen LogP contribution in [-0.4, -0.2) is 17.4 Å². The molecule has 0 N–H and O–H groups in total.